The van der Waals surface area contributed by atoms with Crippen molar-refractivity contribution in [3.63, 3.8) is 0 Å². The van der Waals surface area contributed by atoms with Gasteiger partial charge < -0.3 is 10.2 Å². The molecule has 4 nitrogen and oxygen atoms in total. The average molecular weight is 278 g/mol. The minimum atomic E-state index is -3.84. The summed E-state index contributed by atoms with van der Waals surface area (Å²) in [6, 6.07) is 8.41. The number of phenols is 2. The molecule has 0 aliphatic carbocycles. The Morgan fingerprint density at radius 1 is 0.947 bits per heavy atom. The van der Waals surface area contributed by atoms with Crippen LogP contribution in [-0.4, -0.2) is 18.6 Å². The first-order chi connectivity index (χ1) is 8.84. The lowest BCUT2D eigenvalue weighted by Crippen LogP contribution is -2.03. The largest absolute Gasteiger partial charge is 0.508 e. The van der Waals surface area contributed by atoms with Crippen LogP contribution >= 0.6 is 0 Å². The maximum Gasteiger partial charge on any atom is 0.210 e. The van der Waals surface area contributed by atoms with E-state index in [2.05, 4.69) is 0 Å². The minimum absolute atomic E-state index is 0.0328. The lowest BCUT2D eigenvalue weighted by Gasteiger charge is -2.10. The van der Waals surface area contributed by atoms with E-state index in [0.29, 0.717) is 11.1 Å². The van der Waals surface area contributed by atoms with Crippen LogP contribution in [0.2, 0.25) is 0 Å². The molecule has 0 radical (unpaired) electrons. The molecule has 0 aromatic heterocycles. The fourth-order valence-corrected chi connectivity index (χ4v) is 3.23. The first kappa shape index (κ1) is 13.4. The molecular formula is C14H14O4S. The lowest BCUT2D eigenvalue weighted by atomic mass is 10.1. The Hall–Kier alpha value is -2.01. The molecule has 19 heavy (non-hydrogen) atoms. The Morgan fingerprint density at radius 3 is 2.16 bits per heavy atom. The first-order valence-corrected chi connectivity index (χ1v) is 7.15. The normalized spacial score (nSPS) is 11.5. The highest BCUT2D eigenvalue weighted by molar-refractivity contribution is 7.91. The fourth-order valence-electron chi connectivity index (χ4n) is 1.77. The van der Waals surface area contributed by atoms with Crippen molar-refractivity contribution in [1.29, 1.82) is 0 Å². The van der Waals surface area contributed by atoms with Gasteiger partial charge in [-0.3, -0.25) is 0 Å². The number of hydrogen-bond acceptors (Lipinski definition) is 4. The molecule has 0 atom stereocenters. The van der Waals surface area contributed by atoms with Crippen molar-refractivity contribution in [3.05, 3.63) is 47.5 Å². The Labute approximate surface area is 111 Å². The SMILES string of the molecule is Cc1cc(S(=O)(=O)c2ccccc2O)cc(O)c1C. The van der Waals surface area contributed by atoms with E-state index in [-0.39, 0.29) is 21.3 Å². The third-order valence-corrected chi connectivity index (χ3v) is 4.86. The number of benzene rings is 2. The number of para-hydroxylation sites is 1. The molecule has 2 aromatic carbocycles. The molecular weight excluding hydrogens is 264 g/mol. The highest BCUT2D eigenvalue weighted by Crippen LogP contribution is 2.32. The second-order valence-corrected chi connectivity index (χ2v) is 6.27. The van der Waals surface area contributed by atoms with Crippen molar-refractivity contribution in [1.82, 2.24) is 0 Å². The van der Waals surface area contributed by atoms with Gasteiger partial charge >= 0.3 is 0 Å². The molecule has 0 aliphatic heterocycles. The first-order valence-electron chi connectivity index (χ1n) is 5.67. The number of sulfone groups is 1. The van der Waals surface area contributed by atoms with Gasteiger partial charge in [0.1, 0.15) is 16.4 Å². The molecule has 0 saturated carbocycles. The Morgan fingerprint density at radius 2 is 1.58 bits per heavy atom. The molecule has 2 rings (SSSR count). The second kappa shape index (κ2) is 4.59. The van der Waals surface area contributed by atoms with Crippen LogP contribution in [0.25, 0.3) is 0 Å². The van der Waals surface area contributed by atoms with Crippen molar-refractivity contribution in [2.75, 3.05) is 0 Å². The molecule has 0 unspecified atom stereocenters. The average Bonchev–Trinajstić information content (AvgIpc) is 2.35. The van der Waals surface area contributed by atoms with Crippen LogP contribution in [-0.2, 0) is 9.84 Å². The standard InChI is InChI=1S/C14H14O4S/c1-9-7-11(8-13(16)10(9)2)19(17,18)14-6-4-3-5-12(14)15/h3-8,15-16H,1-2H3. The lowest BCUT2D eigenvalue weighted by molar-refractivity contribution is 0.458. The molecule has 0 heterocycles. The van der Waals surface area contributed by atoms with Gasteiger partial charge in [-0.1, -0.05) is 12.1 Å². The van der Waals surface area contributed by atoms with E-state index in [4.69, 9.17) is 0 Å². The summed E-state index contributed by atoms with van der Waals surface area (Å²) in [4.78, 5) is -0.202. The van der Waals surface area contributed by atoms with Gasteiger partial charge in [-0.25, -0.2) is 8.42 Å². The second-order valence-electron chi connectivity index (χ2n) is 4.36. The van der Waals surface area contributed by atoms with Crippen LogP contribution < -0.4 is 0 Å². The highest BCUT2D eigenvalue weighted by Gasteiger charge is 2.22. The molecule has 2 aromatic rings. The summed E-state index contributed by atoms with van der Waals surface area (Å²) >= 11 is 0. The zero-order valence-electron chi connectivity index (χ0n) is 10.6. The van der Waals surface area contributed by atoms with Crippen LogP contribution in [0.15, 0.2) is 46.2 Å². The maximum atomic E-state index is 12.4. The smallest absolute Gasteiger partial charge is 0.210 e. The van der Waals surface area contributed by atoms with Crippen LogP contribution in [0.5, 0.6) is 11.5 Å². The van der Waals surface area contributed by atoms with Crippen molar-refractivity contribution >= 4 is 9.84 Å². The van der Waals surface area contributed by atoms with E-state index in [9.17, 15) is 18.6 Å². The van der Waals surface area contributed by atoms with Gasteiger partial charge in [-0.05, 0) is 49.2 Å². The highest BCUT2D eigenvalue weighted by atomic mass is 32.2. The summed E-state index contributed by atoms with van der Waals surface area (Å²) in [6.45, 7) is 3.43. The fraction of sp³-hybridized carbons (Fsp3) is 0.143. The summed E-state index contributed by atoms with van der Waals surface area (Å²) in [7, 11) is -3.84. The van der Waals surface area contributed by atoms with Crippen LogP contribution in [0.1, 0.15) is 11.1 Å². The van der Waals surface area contributed by atoms with Crippen molar-refractivity contribution in [2.24, 2.45) is 0 Å². The van der Waals surface area contributed by atoms with Gasteiger partial charge in [-0.15, -0.1) is 0 Å². The number of hydrogen-bond donors (Lipinski definition) is 2. The van der Waals surface area contributed by atoms with E-state index < -0.39 is 9.84 Å². The minimum Gasteiger partial charge on any atom is -0.508 e. The Bertz CT molecular complexity index is 710. The van der Waals surface area contributed by atoms with E-state index in [1.54, 1.807) is 19.9 Å². The number of aryl methyl sites for hydroxylation is 1. The van der Waals surface area contributed by atoms with E-state index in [1.165, 1.54) is 30.3 Å². The van der Waals surface area contributed by atoms with Crippen LogP contribution in [0.3, 0.4) is 0 Å². The molecule has 0 amide bonds. The van der Waals surface area contributed by atoms with Crippen molar-refractivity contribution in [2.45, 2.75) is 23.6 Å². The van der Waals surface area contributed by atoms with E-state index in [0.717, 1.165) is 0 Å². The zero-order chi connectivity index (χ0) is 14.2. The third-order valence-electron chi connectivity index (χ3n) is 3.08. The number of phenolic OH excluding ortho intramolecular Hbond substituents is 2. The van der Waals surface area contributed by atoms with E-state index >= 15 is 0 Å². The summed E-state index contributed by atoms with van der Waals surface area (Å²) in [5, 5.41) is 19.4. The monoisotopic (exact) mass is 278 g/mol. The molecule has 0 fully saturated rings. The number of rotatable bonds is 2. The summed E-state index contributed by atoms with van der Waals surface area (Å²) < 4.78 is 24.8. The van der Waals surface area contributed by atoms with Gasteiger partial charge in [0.15, 0.2) is 0 Å². The van der Waals surface area contributed by atoms with E-state index in [1.807, 2.05) is 0 Å². The predicted molar refractivity (Wildman–Crippen MR) is 71.1 cm³/mol. The molecule has 2 N–H and O–H groups in total. The van der Waals surface area contributed by atoms with Gasteiger partial charge in [0.05, 0.1) is 4.90 Å². The summed E-state index contributed by atoms with van der Waals surface area (Å²) in [6.07, 6.45) is 0. The van der Waals surface area contributed by atoms with Gasteiger partial charge in [0.2, 0.25) is 9.84 Å². The maximum absolute atomic E-state index is 12.4. The molecule has 0 saturated heterocycles. The van der Waals surface area contributed by atoms with Crippen molar-refractivity contribution in [3.8, 4) is 11.5 Å². The summed E-state index contributed by atoms with van der Waals surface area (Å²) in [5.41, 5.74) is 1.31. The molecule has 100 valence electrons. The number of aromatic hydroxyl groups is 2. The topological polar surface area (TPSA) is 74.6 Å². The molecule has 0 spiro atoms. The Kier molecular flexibility index (Phi) is 3.24. The van der Waals surface area contributed by atoms with Crippen LogP contribution in [0, 0.1) is 13.8 Å². The zero-order valence-corrected chi connectivity index (χ0v) is 11.4. The van der Waals surface area contributed by atoms with Gasteiger partial charge in [-0.2, -0.15) is 0 Å². The molecule has 0 aliphatic rings. The van der Waals surface area contributed by atoms with Crippen molar-refractivity contribution < 1.29 is 18.6 Å². The summed E-state index contributed by atoms with van der Waals surface area (Å²) in [5.74, 6) is -0.380. The third kappa shape index (κ3) is 2.29. The molecule has 0 bridgehead atoms. The quantitative estimate of drug-likeness (QED) is 0.885. The molecule has 5 heteroatoms. The van der Waals surface area contributed by atoms with Gasteiger partial charge in [0, 0.05) is 0 Å². The van der Waals surface area contributed by atoms with Gasteiger partial charge in [0.25, 0.3) is 0 Å². The predicted octanol–water partition coefficient (Wildman–Crippen LogP) is 2.55. The Balaban J connectivity index is 2.68. The van der Waals surface area contributed by atoms with Crippen LogP contribution in [0.4, 0.5) is 0 Å².